The minimum atomic E-state index is -1.14. The predicted molar refractivity (Wildman–Crippen MR) is 136 cm³/mol. The molecule has 0 aliphatic carbocycles. The van der Waals surface area contributed by atoms with E-state index < -0.39 is 23.9 Å². The molecule has 0 spiro atoms. The van der Waals surface area contributed by atoms with E-state index in [1.54, 1.807) is 18.2 Å². The second kappa shape index (κ2) is 12.6. The largest absolute Gasteiger partial charge is 0.480 e. The highest BCUT2D eigenvalue weighted by atomic mass is 32.2. The SMILES string of the molecule is CCCN(C(=O)N[C@@H](CSCc1ccccc1)C(=O)O)C(=O)c1cccc(-c2ccccc2)c1. The molecule has 0 unspecified atom stereocenters. The summed E-state index contributed by atoms with van der Waals surface area (Å²) in [6, 6.07) is 24.6. The van der Waals surface area contributed by atoms with Gasteiger partial charge in [0.2, 0.25) is 0 Å². The van der Waals surface area contributed by atoms with Crippen LogP contribution in [0.1, 0.15) is 29.3 Å². The number of amides is 3. The summed E-state index contributed by atoms with van der Waals surface area (Å²) in [5.74, 6) is -0.778. The highest BCUT2D eigenvalue weighted by Gasteiger charge is 2.27. The Hall–Kier alpha value is -3.58. The van der Waals surface area contributed by atoms with Gasteiger partial charge in [-0.15, -0.1) is 0 Å². The van der Waals surface area contributed by atoms with Crippen LogP contribution in [0.3, 0.4) is 0 Å². The average molecular weight is 477 g/mol. The van der Waals surface area contributed by atoms with Crippen LogP contribution in [-0.2, 0) is 10.5 Å². The second-order valence-corrected chi connectivity index (χ2v) is 8.77. The zero-order chi connectivity index (χ0) is 24.3. The highest BCUT2D eigenvalue weighted by molar-refractivity contribution is 7.98. The maximum atomic E-state index is 13.2. The van der Waals surface area contributed by atoms with Crippen LogP contribution >= 0.6 is 11.8 Å². The normalized spacial score (nSPS) is 11.4. The van der Waals surface area contributed by atoms with Gasteiger partial charge in [0.05, 0.1) is 0 Å². The molecule has 0 saturated heterocycles. The number of rotatable bonds is 10. The Kier molecular flexibility index (Phi) is 9.29. The molecule has 3 aromatic rings. The van der Waals surface area contributed by atoms with E-state index in [2.05, 4.69) is 5.32 Å². The van der Waals surface area contributed by atoms with Gasteiger partial charge in [-0.3, -0.25) is 9.69 Å². The van der Waals surface area contributed by atoms with Crippen molar-refractivity contribution in [2.45, 2.75) is 25.1 Å². The summed E-state index contributed by atoms with van der Waals surface area (Å²) in [5, 5.41) is 12.1. The predicted octanol–water partition coefficient (Wildman–Crippen LogP) is 5.30. The molecule has 3 aromatic carbocycles. The van der Waals surface area contributed by atoms with Crippen LogP contribution in [0.5, 0.6) is 0 Å². The molecular weight excluding hydrogens is 448 g/mol. The molecule has 176 valence electrons. The average Bonchev–Trinajstić information content (AvgIpc) is 2.87. The summed E-state index contributed by atoms with van der Waals surface area (Å²) < 4.78 is 0. The van der Waals surface area contributed by atoms with Gasteiger partial charge >= 0.3 is 12.0 Å². The van der Waals surface area contributed by atoms with E-state index in [9.17, 15) is 19.5 Å². The number of nitrogens with zero attached hydrogens (tertiary/aromatic N) is 1. The molecule has 0 fully saturated rings. The van der Waals surface area contributed by atoms with Crippen LogP contribution in [0.15, 0.2) is 84.9 Å². The maximum absolute atomic E-state index is 13.2. The Balaban J connectivity index is 1.69. The van der Waals surface area contributed by atoms with Gasteiger partial charge in [-0.25, -0.2) is 9.59 Å². The Morgan fingerprint density at radius 1 is 0.912 bits per heavy atom. The number of hydrogen-bond acceptors (Lipinski definition) is 4. The number of benzene rings is 3. The van der Waals surface area contributed by atoms with E-state index in [4.69, 9.17) is 0 Å². The molecule has 6 nitrogen and oxygen atoms in total. The minimum absolute atomic E-state index is 0.184. The Labute approximate surface area is 204 Å². The molecule has 1 atom stereocenters. The van der Waals surface area contributed by atoms with Crippen molar-refractivity contribution in [1.29, 1.82) is 0 Å². The summed E-state index contributed by atoms with van der Waals surface area (Å²) in [6.07, 6.45) is 0.554. The number of urea groups is 1. The van der Waals surface area contributed by atoms with E-state index in [1.165, 1.54) is 11.8 Å². The standard InChI is InChI=1S/C27H28N2O4S/c1-2-16-29(25(30)23-15-9-14-22(17-23)21-12-7-4-8-13-21)27(33)28-24(26(31)32)19-34-18-20-10-5-3-6-11-20/h3-15,17,24H,2,16,18-19H2,1H3,(H,28,33)(H,31,32)/t24-/m0/s1. The number of carboxylic acids is 1. The lowest BCUT2D eigenvalue weighted by molar-refractivity contribution is -0.138. The van der Waals surface area contributed by atoms with Crippen molar-refractivity contribution in [2.24, 2.45) is 0 Å². The van der Waals surface area contributed by atoms with E-state index in [0.29, 0.717) is 17.7 Å². The molecule has 3 amide bonds. The number of aliphatic carboxylic acids is 1. The first-order chi connectivity index (χ1) is 16.5. The van der Waals surface area contributed by atoms with Gasteiger partial charge in [-0.1, -0.05) is 79.7 Å². The number of carboxylic acid groups (broad SMARTS) is 1. The Bertz CT molecular complexity index is 1110. The topological polar surface area (TPSA) is 86.7 Å². The lowest BCUT2D eigenvalue weighted by Gasteiger charge is -2.23. The lowest BCUT2D eigenvalue weighted by Crippen LogP contribution is -2.51. The molecule has 0 aromatic heterocycles. The molecular formula is C27H28N2O4S. The number of nitrogens with one attached hydrogen (secondary N) is 1. The van der Waals surface area contributed by atoms with Gasteiger partial charge < -0.3 is 10.4 Å². The van der Waals surface area contributed by atoms with Crippen LogP contribution in [0, 0.1) is 0 Å². The monoisotopic (exact) mass is 476 g/mol. The van der Waals surface area contributed by atoms with Crippen molar-refractivity contribution in [3.63, 3.8) is 0 Å². The molecule has 0 aliphatic heterocycles. The molecule has 7 heteroatoms. The molecule has 0 saturated carbocycles. The van der Waals surface area contributed by atoms with Gasteiger partial charge in [0.1, 0.15) is 6.04 Å². The molecule has 0 aliphatic rings. The fraction of sp³-hybridized carbons (Fsp3) is 0.222. The van der Waals surface area contributed by atoms with E-state index in [1.807, 2.05) is 73.7 Å². The first-order valence-corrected chi connectivity index (χ1v) is 12.3. The number of carbonyl (C=O) groups excluding carboxylic acids is 2. The first-order valence-electron chi connectivity index (χ1n) is 11.1. The lowest BCUT2D eigenvalue weighted by atomic mass is 10.0. The highest BCUT2D eigenvalue weighted by Crippen LogP contribution is 2.21. The molecule has 0 radical (unpaired) electrons. The van der Waals surface area contributed by atoms with Crippen molar-refractivity contribution in [3.05, 3.63) is 96.1 Å². The van der Waals surface area contributed by atoms with E-state index in [0.717, 1.165) is 21.6 Å². The smallest absolute Gasteiger partial charge is 0.327 e. The third-order valence-corrected chi connectivity index (χ3v) is 6.25. The van der Waals surface area contributed by atoms with Gasteiger partial charge in [0.15, 0.2) is 0 Å². The van der Waals surface area contributed by atoms with Crippen molar-refractivity contribution >= 4 is 29.7 Å². The summed E-state index contributed by atoms with van der Waals surface area (Å²) in [6.45, 7) is 2.04. The quantitative estimate of drug-likeness (QED) is 0.415. The van der Waals surface area contributed by atoms with Crippen molar-refractivity contribution in [3.8, 4) is 11.1 Å². The van der Waals surface area contributed by atoms with Crippen molar-refractivity contribution in [1.82, 2.24) is 10.2 Å². The summed E-state index contributed by atoms with van der Waals surface area (Å²) in [5.41, 5.74) is 3.27. The van der Waals surface area contributed by atoms with Crippen LogP contribution in [0.2, 0.25) is 0 Å². The van der Waals surface area contributed by atoms with Gasteiger partial charge in [0.25, 0.3) is 5.91 Å². The Morgan fingerprint density at radius 3 is 2.21 bits per heavy atom. The molecule has 0 heterocycles. The molecule has 2 N–H and O–H groups in total. The van der Waals surface area contributed by atoms with Gasteiger partial charge in [-0.2, -0.15) is 11.8 Å². The van der Waals surface area contributed by atoms with E-state index >= 15 is 0 Å². The maximum Gasteiger partial charge on any atom is 0.327 e. The van der Waals surface area contributed by atoms with Crippen molar-refractivity contribution < 1.29 is 19.5 Å². The fourth-order valence-electron chi connectivity index (χ4n) is 3.41. The Morgan fingerprint density at radius 2 is 1.56 bits per heavy atom. The number of hydrogen-bond donors (Lipinski definition) is 2. The fourth-order valence-corrected chi connectivity index (χ4v) is 4.42. The first kappa shape index (κ1) is 25.1. The zero-order valence-electron chi connectivity index (χ0n) is 19.0. The van der Waals surface area contributed by atoms with Crippen molar-refractivity contribution in [2.75, 3.05) is 12.3 Å². The summed E-state index contributed by atoms with van der Waals surface area (Å²) in [4.78, 5) is 39.0. The molecule has 34 heavy (non-hydrogen) atoms. The molecule has 3 rings (SSSR count). The minimum Gasteiger partial charge on any atom is -0.480 e. The van der Waals surface area contributed by atoms with Gasteiger partial charge in [0, 0.05) is 23.6 Å². The number of carbonyl (C=O) groups is 3. The van der Waals surface area contributed by atoms with Crippen LogP contribution in [0.25, 0.3) is 11.1 Å². The third kappa shape index (κ3) is 6.96. The number of imide groups is 1. The second-order valence-electron chi connectivity index (χ2n) is 7.74. The van der Waals surface area contributed by atoms with E-state index in [-0.39, 0.29) is 12.3 Å². The number of thioether (sulfide) groups is 1. The van der Waals surface area contributed by atoms with Gasteiger partial charge in [-0.05, 0) is 35.2 Å². The van der Waals surface area contributed by atoms with Crippen LogP contribution < -0.4 is 5.32 Å². The summed E-state index contributed by atoms with van der Waals surface area (Å²) >= 11 is 1.42. The zero-order valence-corrected chi connectivity index (χ0v) is 19.8. The summed E-state index contributed by atoms with van der Waals surface area (Å²) in [7, 11) is 0. The third-order valence-electron chi connectivity index (χ3n) is 5.15. The molecule has 0 bridgehead atoms. The van der Waals surface area contributed by atoms with Crippen LogP contribution in [0.4, 0.5) is 4.79 Å². The van der Waals surface area contributed by atoms with Crippen LogP contribution in [-0.4, -0.2) is 46.3 Å².